The molecule has 4 heteroatoms. The summed E-state index contributed by atoms with van der Waals surface area (Å²) in [4.78, 5) is 9.77. The fraction of sp³-hybridized carbons (Fsp3) is 0.500. The van der Waals surface area contributed by atoms with Crippen molar-refractivity contribution in [1.29, 1.82) is 0 Å². The van der Waals surface area contributed by atoms with Gasteiger partial charge in [-0.05, 0) is 0 Å². The summed E-state index contributed by atoms with van der Waals surface area (Å²) < 4.78 is 6.02. The summed E-state index contributed by atoms with van der Waals surface area (Å²) in [6.07, 6.45) is -0.543. The first-order valence-corrected chi connectivity index (χ1v) is 1.74. The van der Waals surface area contributed by atoms with Gasteiger partial charge in [0.1, 0.15) is 0 Å². The van der Waals surface area contributed by atoms with Crippen LogP contribution in [0.5, 0.6) is 0 Å². The number of hydrogen-bond donors (Lipinski definition) is 2. The molecule has 3 nitrogen and oxygen atoms in total. The summed E-state index contributed by atoms with van der Waals surface area (Å²) in [5, 5.41) is 0. The number of carbonyl (C=O) groups is 1. The monoisotopic (exact) mass is 107 g/mol. The second-order valence-corrected chi connectivity index (χ2v) is 0.827. The molecular weight excluding hydrogens is 102 g/mol. The van der Waals surface area contributed by atoms with Gasteiger partial charge in [0, 0.05) is 0 Å². The maximum atomic E-state index is 9.77. The third kappa shape index (κ3) is 1.90. The fourth-order valence-corrected chi connectivity index (χ4v) is 0.137. The van der Waals surface area contributed by atoms with E-state index in [1.807, 2.05) is 4.72 Å². The van der Waals surface area contributed by atoms with Crippen LogP contribution < -0.4 is 4.72 Å². The summed E-state index contributed by atoms with van der Waals surface area (Å²) in [5.41, 5.74) is 0. The van der Waals surface area contributed by atoms with Gasteiger partial charge in [0.25, 0.3) is 0 Å². The highest BCUT2D eigenvalue weighted by Crippen LogP contribution is 1.68. The molecule has 0 aromatic carbocycles. The predicted octanol–water partition coefficient (Wildman–Crippen LogP) is 0.187. The van der Waals surface area contributed by atoms with Gasteiger partial charge in [0.05, 0.1) is 7.11 Å². The van der Waals surface area contributed by atoms with E-state index in [1.165, 1.54) is 7.11 Å². The third-order valence-corrected chi connectivity index (χ3v) is 0.459. The van der Waals surface area contributed by atoms with E-state index in [1.54, 1.807) is 0 Å². The lowest BCUT2D eigenvalue weighted by Crippen LogP contribution is -2.10. The van der Waals surface area contributed by atoms with Crippen molar-refractivity contribution in [3.05, 3.63) is 0 Å². The van der Waals surface area contributed by atoms with Crippen LogP contribution in [-0.2, 0) is 4.74 Å². The highest BCUT2D eigenvalue weighted by atomic mass is 32.1. The van der Waals surface area contributed by atoms with Crippen molar-refractivity contribution in [2.24, 2.45) is 0 Å². The minimum absolute atomic E-state index is 0.543. The summed E-state index contributed by atoms with van der Waals surface area (Å²) in [7, 11) is 1.27. The van der Waals surface area contributed by atoms with Crippen LogP contribution in [0.25, 0.3) is 0 Å². The largest absolute Gasteiger partial charge is 0.452 e. The zero-order chi connectivity index (χ0) is 4.99. The number of methoxy groups -OCH3 is 1. The molecular formula is C2H5NO2S. The van der Waals surface area contributed by atoms with Crippen LogP contribution in [0.3, 0.4) is 0 Å². The molecule has 0 radical (unpaired) electrons. The summed E-state index contributed by atoms with van der Waals surface area (Å²) in [5.74, 6) is 0. The maximum Gasteiger partial charge on any atom is 0.416 e. The van der Waals surface area contributed by atoms with Gasteiger partial charge >= 0.3 is 6.09 Å². The van der Waals surface area contributed by atoms with Gasteiger partial charge < -0.3 is 4.74 Å². The van der Waals surface area contributed by atoms with Gasteiger partial charge in [0.15, 0.2) is 0 Å². The molecule has 0 fully saturated rings. The smallest absolute Gasteiger partial charge is 0.416 e. The van der Waals surface area contributed by atoms with Crippen LogP contribution in [0.15, 0.2) is 0 Å². The minimum Gasteiger partial charge on any atom is -0.452 e. The zero-order valence-electron chi connectivity index (χ0n) is 3.26. The number of ether oxygens (including phenoxy) is 1. The van der Waals surface area contributed by atoms with E-state index < -0.39 is 6.09 Å². The van der Waals surface area contributed by atoms with E-state index in [0.717, 1.165) is 0 Å². The van der Waals surface area contributed by atoms with E-state index in [2.05, 4.69) is 17.6 Å². The molecule has 0 rings (SSSR count). The molecule has 0 heterocycles. The number of hydrogen-bond acceptors (Lipinski definition) is 3. The topological polar surface area (TPSA) is 38.3 Å². The van der Waals surface area contributed by atoms with E-state index in [9.17, 15) is 4.79 Å². The molecule has 0 saturated heterocycles. The highest BCUT2D eigenvalue weighted by Gasteiger charge is 1.86. The molecule has 0 unspecified atom stereocenters. The molecule has 0 saturated carbocycles. The maximum absolute atomic E-state index is 9.77. The Morgan fingerprint density at radius 3 is 2.50 bits per heavy atom. The number of nitrogens with one attached hydrogen (secondary N) is 1. The molecule has 6 heavy (non-hydrogen) atoms. The molecule has 0 atom stereocenters. The van der Waals surface area contributed by atoms with Crippen LogP contribution in [0, 0.1) is 0 Å². The quantitative estimate of drug-likeness (QED) is 0.433. The molecule has 0 aliphatic rings. The van der Waals surface area contributed by atoms with Gasteiger partial charge in [-0.15, -0.1) is 0 Å². The van der Waals surface area contributed by atoms with Gasteiger partial charge in [-0.1, -0.05) is 12.8 Å². The van der Waals surface area contributed by atoms with Crippen LogP contribution in [0.4, 0.5) is 4.79 Å². The standard InChI is InChI=1S/C2H5NO2S/c1-5-2(4)3-6/h6H,1H3,(H,3,4). The first-order valence-electron chi connectivity index (χ1n) is 1.29. The molecule has 0 aromatic rings. The van der Waals surface area contributed by atoms with Crippen molar-refractivity contribution < 1.29 is 9.53 Å². The lowest BCUT2D eigenvalue weighted by Gasteiger charge is -1.89. The van der Waals surface area contributed by atoms with Crippen LogP contribution in [0.1, 0.15) is 0 Å². The molecule has 0 aromatic heterocycles. The lowest BCUT2D eigenvalue weighted by molar-refractivity contribution is 0.178. The van der Waals surface area contributed by atoms with Crippen molar-refractivity contribution in [2.75, 3.05) is 7.11 Å². The number of carbonyl (C=O) groups excluding carboxylic acids is 1. The second-order valence-electron chi connectivity index (χ2n) is 0.603. The zero-order valence-corrected chi connectivity index (χ0v) is 4.16. The molecule has 0 aliphatic carbocycles. The Morgan fingerprint density at radius 2 is 2.50 bits per heavy atom. The number of amides is 1. The SMILES string of the molecule is COC(=O)NS. The van der Waals surface area contributed by atoms with Crippen LogP contribution in [-0.4, -0.2) is 13.2 Å². The van der Waals surface area contributed by atoms with Crippen molar-refractivity contribution in [1.82, 2.24) is 4.72 Å². The fourth-order valence-electron chi connectivity index (χ4n) is 0.0456. The van der Waals surface area contributed by atoms with E-state index in [4.69, 9.17) is 0 Å². The first-order chi connectivity index (χ1) is 2.81. The van der Waals surface area contributed by atoms with Crippen LogP contribution >= 0.6 is 12.8 Å². The Labute approximate surface area is 41.2 Å². The van der Waals surface area contributed by atoms with E-state index in [0.29, 0.717) is 0 Å². The van der Waals surface area contributed by atoms with Crippen molar-refractivity contribution >= 4 is 18.9 Å². The van der Waals surface area contributed by atoms with Crippen molar-refractivity contribution in [2.45, 2.75) is 0 Å². The molecule has 0 spiro atoms. The Morgan fingerprint density at radius 1 is 2.00 bits per heavy atom. The van der Waals surface area contributed by atoms with Crippen LogP contribution in [0.2, 0.25) is 0 Å². The van der Waals surface area contributed by atoms with Crippen molar-refractivity contribution in [3.63, 3.8) is 0 Å². The first kappa shape index (κ1) is 5.62. The summed E-state index contributed by atoms with van der Waals surface area (Å²) >= 11 is 3.37. The average molecular weight is 107 g/mol. The minimum atomic E-state index is -0.543. The molecule has 0 bridgehead atoms. The predicted molar refractivity (Wildman–Crippen MR) is 24.5 cm³/mol. The highest BCUT2D eigenvalue weighted by molar-refractivity contribution is 7.78. The van der Waals surface area contributed by atoms with Gasteiger partial charge in [-0.25, -0.2) is 4.79 Å². The Bertz CT molecular complexity index is 49.5. The number of rotatable bonds is 0. The molecule has 1 N–H and O–H groups in total. The normalized spacial score (nSPS) is 7.00. The Hall–Kier alpha value is -0.380. The molecule has 1 amide bonds. The third-order valence-electron chi connectivity index (χ3n) is 0.277. The van der Waals surface area contributed by atoms with Gasteiger partial charge in [-0.3, -0.25) is 4.72 Å². The molecule has 0 aliphatic heterocycles. The van der Waals surface area contributed by atoms with E-state index >= 15 is 0 Å². The number of thiol groups is 1. The summed E-state index contributed by atoms with van der Waals surface area (Å²) in [6, 6.07) is 0. The van der Waals surface area contributed by atoms with Gasteiger partial charge in [-0.2, -0.15) is 0 Å². The van der Waals surface area contributed by atoms with Gasteiger partial charge in [0.2, 0.25) is 0 Å². The Kier molecular flexibility index (Phi) is 2.66. The summed E-state index contributed by atoms with van der Waals surface area (Å²) in [6.45, 7) is 0. The average Bonchev–Trinajstić information content (AvgIpc) is 1.65. The molecule has 36 valence electrons. The second kappa shape index (κ2) is 2.84. The Balaban J connectivity index is 2.99. The van der Waals surface area contributed by atoms with Crippen molar-refractivity contribution in [3.8, 4) is 0 Å². The lowest BCUT2D eigenvalue weighted by atomic mass is 11.2. The van der Waals surface area contributed by atoms with E-state index in [-0.39, 0.29) is 0 Å².